The van der Waals surface area contributed by atoms with E-state index >= 15 is 0 Å². The zero-order valence-corrected chi connectivity index (χ0v) is 11.8. The molecule has 1 aromatic heterocycles. The van der Waals surface area contributed by atoms with E-state index in [1.165, 1.54) is 5.56 Å². The number of hydrogen-bond donors (Lipinski definition) is 1. The molecule has 0 aliphatic carbocycles. The Bertz CT molecular complexity index is 791. The van der Waals surface area contributed by atoms with E-state index in [-0.39, 0.29) is 0 Å². The normalized spacial score (nSPS) is 10.9. The molecule has 4 heteroatoms. The van der Waals surface area contributed by atoms with Crippen molar-refractivity contribution in [1.82, 2.24) is 9.55 Å². The van der Waals surface area contributed by atoms with E-state index in [1.807, 2.05) is 25.1 Å². The van der Waals surface area contributed by atoms with Crippen LogP contribution in [0.1, 0.15) is 21.7 Å². The number of imidazole rings is 1. The van der Waals surface area contributed by atoms with Gasteiger partial charge in [-0.3, -0.25) is 0 Å². The first kappa shape index (κ1) is 13.4. The van der Waals surface area contributed by atoms with Crippen LogP contribution in [0.3, 0.4) is 0 Å². The molecule has 0 atom stereocenters. The summed E-state index contributed by atoms with van der Waals surface area (Å²) in [4.78, 5) is 15.6. The minimum absolute atomic E-state index is 0.295. The molecule has 0 amide bonds. The van der Waals surface area contributed by atoms with Crippen LogP contribution in [0, 0.1) is 6.92 Å². The molecule has 2 aromatic carbocycles. The van der Waals surface area contributed by atoms with Crippen LogP contribution < -0.4 is 0 Å². The summed E-state index contributed by atoms with van der Waals surface area (Å²) in [5, 5.41) is 9.12. The summed E-state index contributed by atoms with van der Waals surface area (Å²) in [5.41, 5.74) is 3.27. The van der Waals surface area contributed by atoms with Crippen molar-refractivity contribution >= 4 is 17.0 Å². The lowest BCUT2D eigenvalue weighted by Crippen LogP contribution is -2.04. The van der Waals surface area contributed by atoms with Crippen molar-refractivity contribution in [3.05, 3.63) is 65.5 Å². The van der Waals surface area contributed by atoms with Crippen LogP contribution in [-0.4, -0.2) is 20.6 Å². The molecule has 0 saturated heterocycles. The molecule has 0 radical (unpaired) electrons. The van der Waals surface area contributed by atoms with Crippen LogP contribution in [0.5, 0.6) is 0 Å². The predicted molar refractivity (Wildman–Crippen MR) is 81.6 cm³/mol. The van der Waals surface area contributed by atoms with Crippen molar-refractivity contribution in [2.45, 2.75) is 19.9 Å². The fourth-order valence-corrected chi connectivity index (χ4v) is 2.54. The molecule has 0 aliphatic rings. The molecule has 3 rings (SSSR count). The van der Waals surface area contributed by atoms with Gasteiger partial charge in [-0.25, -0.2) is 9.78 Å². The fourth-order valence-electron chi connectivity index (χ4n) is 2.54. The zero-order valence-electron chi connectivity index (χ0n) is 11.8. The number of fused-ring (bicyclic) bond motifs is 1. The third-order valence-electron chi connectivity index (χ3n) is 3.65. The summed E-state index contributed by atoms with van der Waals surface area (Å²) < 4.78 is 2.08. The summed E-state index contributed by atoms with van der Waals surface area (Å²) in [6.45, 7) is 2.74. The van der Waals surface area contributed by atoms with E-state index in [0.717, 1.165) is 29.8 Å². The SMILES string of the molecule is Cc1nc2ccc(C(=O)O)cc2n1CCc1ccccc1. The maximum atomic E-state index is 11.1. The number of aromatic carboxylic acids is 1. The first-order valence-corrected chi connectivity index (χ1v) is 6.89. The van der Waals surface area contributed by atoms with Crippen molar-refractivity contribution in [1.29, 1.82) is 0 Å². The molecule has 0 fully saturated rings. The average Bonchev–Trinajstić information content (AvgIpc) is 2.80. The second-order valence-electron chi connectivity index (χ2n) is 5.05. The largest absolute Gasteiger partial charge is 0.478 e. The van der Waals surface area contributed by atoms with Crippen LogP contribution in [-0.2, 0) is 13.0 Å². The van der Waals surface area contributed by atoms with Crippen molar-refractivity contribution in [3.8, 4) is 0 Å². The lowest BCUT2D eigenvalue weighted by Gasteiger charge is -2.07. The van der Waals surface area contributed by atoms with Gasteiger partial charge in [-0.2, -0.15) is 0 Å². The first-order valence-electron chi connectivity index (χ1n) is 6.89. The number of rotatable bonds is 4. The second kappa shape index (κ2) is 5.40. The van der Waals surface area contributed by atoms with Crippen LogP contribution in [0.4, 0.5) is 0 Å². The molecule has 0 saturated carbocycles. The Labute approximate surface area is 122 Å². The summed E-state index contributed by atoms with van der Waals surface area (Å²) in [6, 6.07) is 15.3. The molecule has 0 spiro atoms. The highest BCUT2D eigenvalue weighted by Crippen LogP contribution is 2.18. The molecule has 106 valence electrons. The van der Waals surface area contributed by atoms with Gasteiger partial charge >= 0.3 is 5.97 Å². The first-order chi connectivity index (χ1) is 10.1. The van der Waals surface area contributed by atoms with Gasteiger partial charge in [-0.1, -0.05) is 30.3 Å². The molecule has 3 aromatic rings. The number of benzene rings is 2. The maximum absolute atomic E-state index is 11.1. The highest BCUT2D eigenvalue weighted by Gasteiger charge is 2.10. The summed E-state index contributed by atoms with van der Waals surface area (Å²) >= 11 is 0. The standard InChI is InChI=1S/C17H16N2O2/c1-12-18-15-8-7-14(17(20)21)11-16(15)19(12)10-9-13-5-3-2-4-6-13/h2-8,11H,9-10H2,1H3,(H,20,21). The van der Waals surface area contributed by atoms with Gasteiger partial charge in [-0.05, 0) is 37.1 Å². The summed E-state index contributed by atoms with van der Waals surface area (Å²) in [7, 11) is 0. The second-order valence-corrected chi connectivity index (χ2v) is 5.05. The lowest BCUT2D eigenvalue weighted by atomic mass is 10.1. The van der Waals surface area contributed by atoms with Crippen molar-refractivity contribution in [2.75, 3.05) is 0 Å². The maximum Gasteiger partial charge on any atom is 0.335 e. The minimum atomic E-state index is -0.912. The van der Waals surface area contributed by atoms with Gasteiger partial charge < -0.3 is 9.67 Å². The van der Waals surface area contributed by atoms with E-state index in [1.54, 1.807) is 18.2 Å². The molecule has 21 heavy (non-hydrogen) atoms. The smallest absolute Gasteiger partial charge is 0.335 e. The summed E-state index contributed by atoms with van der Waals surface area (Å²) in [5.74, 6) is -0.00571. The third kappa shape index (κ3) is 2.65. The van der Waals surface area contributed by atoms with Gasteiger partial charge in [0.1, 0.15) is 5.82 Å². The van der Waals surface area contributed by atoms with Gasteiger partial charge in [0.05, 0.1) is 16.6 Å². The highest BCUT2D eigenvalue weighted by atomic mass is 16.4. The molecule has 0 aliphatic heterocycles. The number of carboxylic acids is 1. The Balaban J connectivity index is 1.95. The van der Waals surface area contributed by atoms with E-state index in [4.69, 9.17) is 5.11 Å². The van der Waals surface area contributed by atoms with E-state index in [0.29, 0.717) is 5.56 Å². The Morgan fingerprint density at radius 1 is 1.19 bits per heavy atom. The van der Waals surface area contributed by atoms with Crippen molar-refractivity contribution in [2.24, 2.45) is 0 Å². The number of carbonyl (C=O) groups is 1. The Hall–Kier alpha value is -2.62. The van der Waals surface area contributed by atoms with Crippen LogP contribution >= 0.6 is 0 Å². The molecule has 1 N–H and O–H groups in total. The molecule has 1 heterocycles. The van der Waals surface area contributed by atoms with E-state index in [2.05, 4.69) is 21.7 Å². The van der Waals surface area contributed by atoms with Gasteiger partial charge in [0.15, 0.2) is 0 Å². The number of carboxylic acid groups (broad SMARTS) is 1. The minimum Gasteiger partial charge on any atom is -0.478 e. The molecular weight excluding hydrogens is 264 g/mol. The van der Waals surface area contributed by atoms with Gasteiger partial charge in [-0.15, -0.1) is 0 Å². The van der Waals surface area contributed by atoms with Crippen molar-refractivity contribution < 1.29 is 9.90 Å². The topological polar surface area (TPSA) is 55.1 Å². The van der Waals surface area contributed by atoms with Crippen molar-refractivity contribution in [3.63, 3.8) is 0 Å². The molecule has 4 nitrogen and oxygen atoms in total. The average molecular weight is 280 g/mol. The third-order valence-corrected chi connectivity index (χ3v) is 3.65. The monoisotopic (exact) mass is 280 g/mol. The highest BCUT2D eigenvalue weighted by molar-refractivity contribution is 5.92. The molecule has 0 bridgehead atoms. The fraction of sp³-hybridized carbons (Fsp3) is 0.176. The van der Waals surface area contributed by atoms with E-state index < -0.39 is 5.97 Å². The van der Waals surface area contributed by atoms with Crippen LogP contribution in [0.2, 0.25) is 0 Å². The van der Waals surface area contributed by atoms with E-state index in [9.17, 15) is 4.79 Å². The zero-order chi connectivity index (χ0) is 14.8. The number of aryl methyl sites for hydroxylation is 3. The predicted octanol–water partition coefficient (Wildman–Crippen LogP) is 3.29. The molecule has 0 unspecified atom stereocenters. The van der Waals surface area contributed by atoms with Gasteiger partial charge in [0, 0.05) is 6.54 Å². The van der Waals surface area contributed by atoms with Gasteiger partial charge in [0.25, 0.3) is 0 Å². The van der Waals surface area contributed by atoms with Crippen LogP contribution in [0.25, 0.3) is 11.0 Å². The Kier molecular flexibility index (Phi) is 3.44. The van der Waals surface area contributed by atoms with Crippen LogP contribution in [0.15, 0.2) is 48.5 Å². The van der Waals surface area contributed by atoms with Gasteiger partial charge in [0.2, 0.25) is 0 Å². The number of nitrogens with zero attached hydrogens (tertiary/aromatic N) is 2. The molecular formula is C17H16N2O2. The number of aromatic nitrogens is 2. The quantitative estimate of drug-likeness (QED) is 0.798. The lowest BCUT2D eigenvalue weighted by molar-refractivity contribution is 0.0697. The Morgan fingerprint density at radius 3 is 2.67 bits per heavy atom. The number of hydrogen-bond acceptors (Lipinski definition) is 2. The summed E-state index contributed by atoms with van der Waals surface area (Å²) in [6.07, 6.45) is 0.893. The Morgan fingerprint density at radius 2 is 1.95 bits per heavy atom.